The lowest BCUT2D eigenvalue weighted by molar-refractivity contribution is 0.265. The lowest BCUT2D eigenvalue weighted by Gasteiger charge is -2.24. The Bertz CT molecular complexity index is 1230. The van der Waals surface area contributed by atoms with E-state index >= 15 is 0 Å². The summed E-state index contributed by atoms with van der Waals surface area (Å²) in [5.74, 6) is 2.14. The van der Waals surface area contributed by atoms with Gasteiger partial charge in [-0.15, -0.1) is 11.3 Å². The maximum Gasteiger partial charge on any atom is 0.143 e. The summed E-state index contributed by atoms with van der Waals surface area (Å²) in [5, 5.41) is 13.8. The number of nitrogens with two attached hydrogens (primary N) is 1. The first kappa shape index (κ1) is 19.8. The number of thiazole rings is 1. The van der Waals surface area contributed by atoms with Gasteiger partial charge < -0.3 is 21.1 Å². The van der Waals surface area contributed by atoms with Gasteiger partial charge in [-0.2, -0.15) is 0 Å². The summed E-state index contributed by atoms with van der Waals surface area (Å²) in [5.41, 5.74) is 8.94. The van der Waals surface area contributed by atoms with Crippen LogP contribution < -0.4 is 16.0 Å². The molecule has 1 fully saturated rings. The molecule has 2 atom stereocenters. The first-order valence-corrected chi connectivity index (χ1v) is 11.0. The minimum Gasteiger partial charge on any atom is -0.394 e. The van der Waals surface area contributed by atoms with Gasteiger partial charge in [-0.05, 0) is 37.1 Å². The second-order valence-corrected chi connectivity index (χ2v) is 8.75. The number of aliphatic hydroxyl groups is 1. The highest BCUT2D eigenvalue weighted by atomic mass is 32.1. The summed E-state index contributed by atoms with van der Waals surface area (Å²) in [7, 11) is 0. The lowest BCUT2D eigenvalue weighted by Crippen LogP contribution is -2.33. The number of pyridine rings is 3. The fourth-order valence-electron chi connectivity index (χ4n) is 3.90. The first-order valence-electron chi connectivity index (χ1n) is 10.2. The molecule has 0 saturated carbocycles. The topological polar surface area (TPSA) is 113 Å². The number of rotatable bonds is 5. The van der Waals surface area contributed by atoms with Crippen molar-refractivity contribution in [3.05, 3.63) is 54.4 Å². The van der Waals surface area contributed by atoms with Gasteiger partial charge in [0.1, 0.15) is 28.2 Å². The molecule has 8 nitrogen and oxygen atoms in total. The largest absolute Gasteiger partial charge is 0.394 e. The number of hydrogen-bond acceptors (Lipinski definition) is 9. The third-order valence-electron chi connectivity index (χ3n) is 5.43. The van der Waals surface area contributed by atoms with E-state index in [1.165, 1.54) is 0 Å². The van der Waals surface area contributed by atoms with Crippen LogP contribution in [0.3, 0.4) is 0 Å². The SMILES string of the molecule is Cc1cccnc1-c1nc2cc(Nc3cccc(N4C[C@@H](N)C[C@H]4CO)n3)ncc2s1. The normalized spacial score (nSPS) is 18.6. The van der Waals surface area contributed by atoms with Crippen LogP contribution in [0, 0.1) is 6.92 Å². The van der Waals surface area contributed by atoms with E-state index in [0.717, 1.165) is 38.7 Å². The number of nitrogens with zero attached hydrogens (tertiary/aromatic N) is 5. The fraction of sp³-hybridized carbons (Fsp3) is 0.273. The Hall–Kier alpha value is -3.14. The third-order valence-corrected chi connectivity index (χ3v) is 6.44. The van der Waals surface area contributed by atoms with Crippen LogP contribution >= 0.6 is 11.3 Å². The molecule has 0 unspecified atom stereocenters. The maximum atomic E-state index is 9.66. The molecular weight excluding hydrogens is 410 g/mol. The summed E-state index contributed by atoms with van der Waals surface area (Å²) in [4.78, 5) is 20.5. The summed E-state index contributed by atoms with van der Waals surface area (Å²) >= 11 is 1.58. The van der Waals surface area contributed by atoms with Crippen LogP contribution in [0.25, 0.3) is 20.9 Å². The zero-order valence-electron chi connectivity index (χ0n) is 17.1. The molecule has 158 valence electrons. The Morgan fingerprint density at radius 3 is 2.94 bits per heavy atom. The van der Waals surface area contributed by atoms with Gasteiger partial charge in [-0.3, -0.25) is 4.98 Å². The van der Waals surface area contributed by atoms with Gasteiger partial charge in [-0.1, -0.05) is 12.1 Å². The number of nitrogens with one attached hydrogen (secondary N) is 1. The van der Waals surface area contributed by atoms with E-state index in [2.05, 4.69) is 20.2 Å². The van der Waals surface area contributed by atoms with Gasteiger partial charge in [0.15, 0.2) is 0 Å². The minimum atomic E-state index is -0.00398. The number of aryl methyl sites for hydroxylation is 1. The Morgan fingerprint density at radius 1 is 1.19 bits per heavy atom. The number of anilines is 3. The summed E-state index contributed by atoms with van der Waals surface area (Å²) in [6.07, 6.45) is 4.37. The molecule has 0 radical (unpaired) electrons. The molecule has 0 amide bonds. The van der Waals surface area contributed by atoms with Crippen molar-refractivity contribution in [2.24, 2.45) is 5.73 Å². The van der Waals surface area contributed by atoms with E-state index in [9.17, 15) is 5.11 Å². The van der Waals surface area contributed by atoms with Gasteiger partial charge >= 0.3 is 0 Å². The van der Waals surface area contributed by atoms with Crippen LogP contribution in [0.15, 0.2) is 48.8 Å². The highest BCUT2D eigenvalue weighted by molar-refractivity contribution is 7.21. The van der Waals surface area contributed by atoms with Crippen LogP contribution in [-0.4, -0.2) is 50.3 Å². The van der Waals surface area contributed by atoms with E-state index in [-0.39, 0.29) is 18.7 Å². The lowest BCUT2D eigenvalue weighted by atomic mass is 10.2. The standard InChI is InChI=1S/C22H23N7OS/c1-13-4-3-7-24-21(13)22-26-16-9-19(25-10-17(16)31-22)27-18-5-2-6-20(28-18)29-11-14(23)8-15(29)12-30/h2-7,9-10,14-15,30H,8,11-12,23H2,1H3,(H,25,27,28)/t14-,15-/m0/s1. The highest BCUT2D eigenvalue weighted by Gasteiger charge is 2.30. The molecule has 4 aromatic rings. The van der Waals surface area contributed by atoms with E-state index < -0.39 is 0 Å². The average molecular weight is 434 g/mol. The summed E-state index contributed by atoms with van der Waals surface area (Å²) in [6.45, 7) is 2.78. The summed E-state index contributed by atoms with van der Waals surface area (Å²) < 4.78 is 1.00. The van der Waals surface area contributed by atoms with Gasteiger partial charge in [0, 0.05) is 31.0 Å². The molecule has 4 aromatic heterocycles. The van der Waals surface area contributed by atoms with Crippen molar-refractivity contribution in [3.8, 4) is 10.7 Å². The van der Waals surface area contributed by atoms with Gasteiger partial charge in [0.05, 0.1) is 22.9 Å². The van der Waals surface area contributed by atoms with Crippen LogP contribution in [0.4, 0.5) is 17.5 Å². The molecule has 0 spiro atoms. The zero-order valence-corrected chi connectivity index (χ0v) is 17.9. The third kappa shape index (κ3) is 3.95. The molecule has 9 heteroatoms. The monoisotopic (exact) mass is 433 g/mol. The van der Waals surface area contributed by atoms with Crippen molar-refractivity contribution in [1.29, 1.82) is 0 Å². The number of aliphatic hydroxyl groups excluding tert-OH is 1. The average Bonchev–Trinajstić information content (AvgIpc) is 3.37. The summed E-state index contributed by atoms with van der Waals surface area (Å²) in [6, 6.07) is 11.7. The van der Waals surface area contributed by atoms with Crippen LogP contribution in [0.2, 0.25) is 0 Å². The van der Waals surface area contributed by atoms with Crippen molar-refractivity contribution in [2.45, 2.75) is 25.4 Å². The highest BCUT2D eigenvalue weighted by Crippen LogP contribution is 2.32. The van der Waals surface area contributed by atoms with Crippen LogP contribution in [0.5, 0.6) is 0 Å². The predicted molar refractivity (Wildman–Crippen MR) is 124 cm³/mol. The Balaban J connectivity index is 1.40. The van der Waals surface area contributed by atoms with Crippen molar-refractivity contribution in [1.82, 2.24) is 19.9 Å². The van der Waals surface area contributed by atoms with E-state index in [1.807, 2.05) is 49.5 Å². The van der Waals surface area contributed by atoms with Crippen molar-refractivity contribution >= 4 is 39.0 Å². The van der Waals surface area contributed by atoms with E-state index in [1.54, 1.807) is 17.5 Å². The van der Waals surface area contributed by atoms with E-state index in [4.69, 9.17) is 15.7 Å². The number of fused-ring (bicyclic) bond motifs is 1. The first-order chi connectivity index (χ1) is 15.1. The van der Waals surface area contributed by atoms with Crippen molar-refractivity contribution in [3.63, 3.8) is 0 Å². The predicted octanol–water partition coefficient (Wildman–Crippen LogP) is 3.10. The van der Waals surface area contributed by atoms with Crippen molar-refractivity contribution in [2.75, 3.05) is 23.4 Å². The second kappa shape index (κ2) is 8.18. The second-order valence-electron chi connectivity index (χ2n) is 7.72. The molecule has 1 aliphatic heterocycles. The van der Waals surface area contributed by atoms with Crippen LogP contribution in [-0.2, 0) is 0 Å². The minimum absolute atomic E-state index is 0.00398. The molecule has 31 heavy (non-hydrogen) atoms. The van der Waals surface area contributed by atoms with Gasteiger partial charge in [-0.25, -0.2) is 15.0 Å². The van der Waals surface area contributed by atoms with Crippen LogP contribution in [0.1, 0.15) is 12.0 Å². The van der Waals surface area contributed by atoms with E-state index in [0.29, 0.717) is 18.2 Å². The Labute approximate surface area is 183 Å². The fourth-order valence-corrected chi connectivity index (χ4v) is 4.88. The smallest absolute Gasteiger partial charge is 0.143 e. The zero-order chi connectivity index (χ0) is 21.4. The molecule has 5 rings (SSSR count). The molecule has 4 N–H and O–H groups in total. The number of aromatic nitrogens is 4. The molecular formula is C22H23N7OS. The Kier molecular flexibility index (Phi) is 5.23. The number of hydrogen-bond donors (Lipinski definition) is 3. The molecule has 1 aliphatic rings. The molecule has 0 aliphatic carbocycles. The molecule has 1 saturated heterocycles. The maximum absolute atomic E-state index is 9.66. The van der Waals surface area contributed by atoms with Gasteiger partial charge in [0.2, 0.25) is 0 Å². The Morgan fingerprint density at radius 2 is 2.10 bits per heavy atom. The van der Waals surface area contributed by atoms with Crippen molar-refractivity contribution < 1.29 is 5.11 Å². The quantitative estimate of drug-likeness (QED) is 0.440. The van der Waals surface area contributed by atoms with Gasteiger partial charge in [0.25, 0.3) is 0 Å². The molecule has 0 bridgehead atoms. The molecule has 5 heterocycles. The molecule has 0 aromatic carbocycles.